The Morgan fingerprint density at radius 3 is 2.17 bits per heavy atom. The van der Waals surface area contributed by atoms with Crippen molar-refractivity contribution >= 4 is 21.6 Å². The number of amides is 1. The molecule has 0 heterocycles. The van der Waals surface area contributed by atoms with Crippen molar-refractivity contribution in [3.8, 4) is 5.75 Å². The highest BCUT2D eigenvalue weighted by Crippen LogP contribution is 2.26. The van der Waals surface area contributed by atoms with Gasteiger partial charge in [-0.15, -0.1) is 0 Å². The van der Waals surface area contributed by atoms with Crippen molar-refractivity contribution in [3.63, 3.8) is 0 Å². The molecule has 2 aromatic carbocycles. The molecular weight excluding hydrogens is 400 g/mol. The van der Waals surface area contributed by atoms with Crippen molar-refractivity contribution in [1.29, 1.82) is 0 Å². The number of carbonyl (C=O) groups excluding carboxylic acids is 1. The molecule has 1 amide bonds. The summed E-state index contributed by atoms with van der Waals surface area (Å²) in [6.07, 6.45) is 1.09. The van der Waals surface area contributed by atoms with E-state index in [1.807, 2.05) is 19.1 Å². The lowest BCUT2D eigenvalue weighted by molar-refractivity contribution is -0.122. The molecule has 164 valence electrons. The first-order valence-corrected chi connectivity index (χ1v) is 11.7. The van der Waals surface area contributed by atoms with E-state index in [1.54, 1.807) is 31.2 Å². The number of ether oxygens (including phenoxy) is 1. The number of nitrogens with one attached hydrogen (secondary N) is 1. The maximum absolute atomic E-state index is 12.9. The quantitative estimate of drug-likeness (QED) is 0.717. The standard InChI is InChI=1S/C23H32N2O4S/c1-16(18-11-13-19(14-12-18)23(3,4)5)24-22(26)17(2)25(30(7,27)28)20-9-8-10-21(15-20)29-6/h8-17H,1-7H3,(H,24,26). The average Bonchev–Trinajstić information content (AvgIpc) is 2.66. The van der Waals surface area contributed by atoms with Crippen LogP contribution in [0, 0.1) is 0 Å². The van der Waals surface area contributed by atoms with E-state index < -0.39 is 16.1 Å². The Morgan fingerprint density at radius 2 is 1.67 bits per heavy atom. The highest BCUT2D eigenvalue weighted by atomic mass is 32.2. The van der Waals surface area contributed by atoms with Gasteiger partial charge in [0.05, 0.1) is 25.1 Å². The number of nitrogens with zero attached hydrogens (tertiary/aromatic N) is 1. The fourth-order valence-corrected chi connectivity index (χ4v) is 4.41. The minimum absolute atomic E-state index is 0.0479. The smallest absolute Gasteiger partial charge is 0.244 e. The van der Waals surface area contributed by atoms with Gasteiger partial charge in [-0.05, 0) is 42.5 Å². The van der Waals surface area contributed by atoms with Crippen molar-refractivity contribution in [2.24, 2.45) is 0 Å². The highest BCUT2D eigenvalue weighted by Gasteiger charge is 2.30. The molecule has 0 bridgehead atoms. The van der Waals surface area contributed by atoms with E-state index in [-0.39, 0.29) is 17.4 Å². The summed E-state index contributed by atoms with van der Waals surface area (Å²) >= 11 is 0. The molecule has 1 N–H and O–H groups in total. The van der Waals surface area contributed by atoms with Gasteiger partial charge in [0.15, 0.2) is 0 Å². The molecular formula is C23H32N2O4S. The summed E-state index contributed by atoms with van der Waals surface area (Å²) < 4.78 is 31.2. The number of carbonyl (C=O) groups is 1. The SMILES string of the molecule is COc1cccc(N(C(C)C(=O)NC(C)c2ccc(C(C)(C)C)cc2)S(C)(=O)=O)c1. The third-order valence-electron chi connectivity index (χ3n) is 5.03. The van der Waals surface area contributed by atoms with Gasteiger partial charge in [-0.25, -0.2) is 8.42 Å². The molecule has 6 nitrogen and oxygen atoms in total. The zero-order chi connectivity index (χ0) is 22.7. The number of rotatable bonds is 7. The summed E-state index contributed by atoms with van der Waals surface area (Å²) in [7, 11) is -2.19. The van der Waals surface area contributed by atoms with Gasteiger partial charge in [0.2, 0.25) is 15.9 Å². The molecule has 30 heavy (non-hydrogen) atoms. The van der Waals surface area contributed by atoms with Gasteiger partial charge < -0.3 is 10.1 Å². The van der Waals surface area contributed by atoms with Crippen LogP contribution in [0.25, 0.3) is 0 Å². The third kappa shape index (κ3) is 5.75. The summed E-state index contributed by atoms with van der Waals surface area (Å²) in [6, 6.07) is 13.6. The van der Waals surface area contributed by atoms with E-state index >= 15 is 0 Å². The van der Waals surface area contributed by atoms with Crippen molar-refractivity contribution in [2.75, 3.05) is 17.7 Å². The van der Waals surface area contributed by atoms with Crippen LogP contribution in [0.5, 0.6) is 5.75 Å². The van der Waals surface area contributed by atoms with E-state index in [0.717, 1.165) is 16.1 Å². The summed E-state index contributed by atoms with van der Waals surface area (Å²) in [6.45, 7) is 9.89. The first-order valence-electron chi connectivity index (χ1n) is 9.89. The van der Waals surface area contributed by atoms with E-state index in [9.17, 15) is 13.2 Å². The van der Waals surface area contributed by atoms with Crippen molar-refractivity contribution in [2.45, 2.75) is 52.1 Å². The average molecular weight is 433 g/mol. The van der Waals surface area contributed by atoms with Crippen LogP contribution in [-0.4, -0.2) is 33.7 Å². The molecule has 0 fully saturated rings. The van der Waals surface area contributed by atoms with Crippen molar-refractivity contribution in [1.82, 2.24) is 5.32 Å². The number of sulfonamides is 1. The van der Waals surface area contributed by atoms with Crippen molar-refractivity contribution in [3.05, 3.63) is 59.7 Å². The molecule has 2 rings (SSSR count). The predicted molar refractivity (Wildman–Crippen MR) is 121 cm³/mol. The maximum Gasteiger partial charge on any atom is 0.244 e. The second-order valence-corrected chi connectivity index (χ2v) is 10.4. The van der Waals surface area contributed by atoms with Crippen LogP contribution in [0.2, 0.25) is 0 Å². The van der Waals surface area contributed by atoms with Crippen LogP contribution < -0.4 is 14.4 Å². The maximum atomic E-state index is 12.9. The van der Waals surface area contributed by atoms with Gasteiger partial charge in [0, 0.05) is 6.07 Å². The Labute approximate surface area is 180 Å². The van der Waals surface area contributed by atoms with Gasteiger partial charge >= 0.3 is 0 Å². The lowest BCUT2D eigenvalue weighted by Gasteiger charge is -2.29. The third-order valence-corrected chi connectivity index (χ3v) is 6.27. The van der Waals surface area contributed by atoms with Crippen LogP contribution in [0.1, 0.15) is 51.8 Å². The second kappa shape index (κ2) is 9.08. The molecule has 7 heteroatoms. The molecule has 0 spiro atoms. The Kier molecular flexibility index (Phi) is 7.18. The largest absolute Gasteiger partial charge is 0.497 e. The van der Waals surface area contributed by atoms with Gasteiger partial charge in [-0.3, -0.25) is 9.10 Å². The van der Waals surface area contributed by atoms with Gasteiger partial charge in [-0.2, -0.15) is 0 Å². The summed E-state index contributed by atoms with van der Waals surface area (Å²) in [5, 5.41) is 2.93. The fourth-order valence-electron chi connectivity index (χ4n) is 3.25. The number of hydrogen-bond donors (Lipinski definition) is 1. The first-order chi connectivity index (χ1) is 13.8. The fraction of sp³-hybridized carbons (Fsp3) is 0.435. The molecule has 0 aliphatic heterocycles. The zero-order valence-electron chi connectivity index (χ0n) is 18.8. The van der Waals surface area contributed by atoms with E-state index in [1.165, 1.54) is 12.7 Å². The van der Waals surface area contributed by atoms with E-state index in [2.05, 4.69) is 38.2 Å². The van der Waals surface area contributed by atoms with Crippen LogP contribution in [0.15, 0.2) is 48.5 Å². The summed E-state index contributed by atoms with van der Waals surface area (Å²) in [5.74, 6) is 0.136. The zero-order valence-corrected chi connectivity index (χ0v) is 19.6. The van der Waals surface area contributed by atoms with E-state index in [4.69, 9.17) is 4.74 Å². The highest BCUT2D eigenvalue weighted by molar-refractivity contribution is 7.92. The van der Waals surface area contributed by atoms with Gasteiger partial charge in [0.25, 0.3) is 0 Å². The molecule has 0 saturated heterocycles. The molecule has 0 saturated carbocycles. The lowest BCUT2D eigenvalue weighted by Crippen LogP contribution is -2.48. The molecule has 0 aliphatic rings. The number of anilines is 1. The lowest BCUT2D eigenvalue weighted by atomic mass is 9.86. The van der Waals surface area contributed by atoms with Crippen LogP contribution in [-0.2, 0) is 20.2 Å². The molecule has 0 radical (unpaired) electrons. The molecule has 2 unspecified atom stereocenters. The number of hydrogen-bond acceptors (Lipinski definition) is 4. The minimum Gasteiger partial charge on any atom is -0.497 e. The monoisotopic (exact) mass is 432 g/mol. The van der Waals surface area contributed by atoms with Crippen molar-refractivity contribution < 1.29 is 17.9 Å². The summed E-state index contributed by atoms with van der Waals surface area (Å²) in [5.41, 5.74) is 2.59. The van der Waals surface area contributed by atoms with E-state index in [0.29, 0.717) is 11.4 Å². The van der Waals surface area contributed by atoms with Crippen LogP contribution in [0.3, 0.4) is 0 Å². The Bertz CT molecular complexity index is 979. The Morgan fingerprint density at radius 1 is 1.07 bits per heavy atom. The molecule has 2 aromatic rings. The number of methoxy groups -OCH3 is 1. The van der Waals surface area contributed by atoms with Crippen LogP contribution in [0.4, 0.5) is 5.69 Å². The topological polar surface area (TPSA) is 75.7 Å². The Hall–Kier alpha value is -2.54. The predicted octanol–water partition coefficient (Wildman–Crippen LogP) is 4.02. The first kappa shape index (κ1) is 23.7. The molecule has 0 aliphatic carbocycles. The van der Waals surface area contributed by atoms with Gasteiger partial charge in [0.1, 0.15) is 11.8 Å². The minimum atomic E-state index is -3.69. The normalized spacial score (nSPS) is 14.0. The van der Waals surface area contributed by atoms with Crippen LogP contribution >= 0.6 is 0 Å². The summed E-state index contributed by atoms with van der Waals surface area (Å²) in [4.78, 5) is 12.9. The molecule has 2 atom stereocenters. The Balaban J connectivity index is 2.22. The number of benzene rings is 2. The van der Waals surface area contributed by atoms with Gasteiger partial charge in [-0.1, -0.05) is 51.1 Å². The molecule has 0 aromatic heterocycles. The second-order valence-electron chi connectivity index (χ2n) is 8.54.